The zero-order valence-electron chi connectivity index (χ0n) is 19.3. The van der Waals surface area contributed by atoms with Crippen molar-refractivity contribution in [1.29, 1.82) is 0 Å². The van der Waals surface area contributed by atoms with Crippen molar-refractivity contribution in [3.05, 3.63) is 47.5 Å². The number of hydrogen-bond donors (Lipinski definition) is 1. The van der Waals surface area contributed by atoms with Crippen LogP contribution in [0.5, 0.6) is 5.88 Å². The maximum atomic E-state index is 6.06. The highest BCUT2D eigenvalue weighted by Gasteiger charge is 2.13. The molecule has 0 spiro atoms. The van der Waals surface area contributed by atoms with Crippen LogP contribution in [0.3, 0.4) is 0 Å². The van der Waals surface area contributed by atoms with Gasteiger partial charge in [-0.2, -0.15) is 10.1 Å². The van der Waals surface area contributed by atoms with Crippen LogP contribution in [0.1, 0.15) is 50.7 Å². The Morgan fingerprint density at radius 2 is 1.90 bits per heavy atom. The third kappa shape index (κ3) is 7.55. The second-order valence-electron chi connectivity index (χ2n) is 8.22. The van der Waals surface area contributed by atoms with Crippen molar-refractivity contribution in [2.75, 3.05) is 49.7 Å². The number of hydrogen-bond acceptors (Lipinski definition) is 6. The molecule has 1 fully saturated rings. The van der Waals surface area contributed by atoms with E-state index >= 15 is 0 Å². The number of ether oxygens (including phenoxy) is 1. The first kappa shape index (κ1) is 23.1. The Balaban J connectivity index is 1.72. The molecule has 1 aliphatic rings. The van der Waals surface area contributed by atoms with Gasteiger partial charge in [0, 0.05) is 37.5 Å². The zero-order valence-corrected chi connectivity index (χ0v) is 19.3. The molecule has 168 valence electrons. The number of benzene rings is 1. The summed E-state index contributed by atoms with van der Waals surface area (Å²) in [6.07, 6.45) is 6.61. The molecule has 6 nitrogen and oxygen atoms in total. The molecule has 0 aliphatic carbocycles. The molecule has 31 heavy (non-hydrogen) atoms. The quantitative estimate of drug-likeness (QED) is 0.387. The standard InChI is InChI=1S/C25H37N5O/c1-4-11-30(12-5-2)23-18-24(28-26-20-22-10-8-9-21(3)17-22)27-25(19-23)31-16-15-29-13-6-7-14-29/h8-10,17-20H,4-7,11-16H2,1-3H3,(H,27,28)/b26-20+. The summed E-state index contributed by atoms with van der Waals surface area (Å²) in [7, 11) is 0. The third-order valence-corrected chi connectivity index (χ3v) is 5.43. The van der Waals surface area contributed by atoms with Gasteiger partial charge in [-0.05, 0) is 51.3 Å². The Bertz CT molecular complexity index is 826. The molecule has 0 unspecified atom stereocenters. The van der Waals surface area contributed by atoms with Gasteiger partial charge in [-0.25, -0.2) is 0 Å². The maximum absolute atomic E-state index is 6.06. The Hall–Kier alpha value is -2.60. The van der Waals surface area contributed by atoms with Gasteiger partial charge in [-0.3, -0.25) is 10.3 Å². The molecular formula is C25H37N5O. The van der Waals surface area contributed by atoms with E-state index in [1.54, 1.807) is 0 Å². The number of aryl methyl sites for hydroxylation is 1. The molecule has 1 aromatic heterocycles. The van der Waals surface area contributed by atoms with Gasteiger partial charge >= 0.3 is 0 Å². The summed E-state index contributed by atoms with van der Waals surface area (Å²) in [6.45, 7) is 12.5. The molecule has 0 atom stereocenters. The van der Waals surface area contributed by atoms with E-state index in [1.165, 1.54) is 31.5 Å². The van der Waals surface area contributed by atoms with Crippen LogP contribution < -0.4 is 15.1 Å². The Morgan fingerprint density at radius 1 is 1.13 bits per heavy atom. The van der Waals surface area contributed by atoms with Crippen LogP contribution in [0.25, 0.3) is 0 Å². The van der Waals surface area contributed by atoms with E-state index in [0.717, 1.165) is 43.7 Å². The lowest BCUT2D eigenvalue weighted by Crippen LogP contribution is -2.26. The van der Waals surface area contributed by atoms with E-state index in [2.05, 4.69) is 70.3 Å². The Kier molecular flexibility index (Phi) is 9.16. The summed E-state index contributed by atoms with van der Waals surface area (Å²) in [5.74, 6) is 1.36. The van der Waals surface area contributed by atoms with Crippen LogP contribution >= 0.6 is 0 Å². The van der Waals surface area contributed by atoms with Crippen molar-refractivity contribution in [3.63, 3.8) is 0 Å². The van der Waals surface area contributed by atoms with Crippen LogP contribution in [0.2, 0.25) is 0 Å². The molecule has 1 saturated heterocycles. The highest BCUT2D eigenvalue weighted by molar-refractivity contribution is 5.80. The topological polar surface area (TPSA) is 53.0 Å². The molecule has 2 heterocycles. The zero-order chi connectivity index (χ0) is 21.9. The predicted molar refractivity (Wildman–Crippen MR) is 131 cm³/mol. The molecule has 2 aromatic rings. The first-order valence-electron chi connectivity index (χ1n) is 11.7. The van der Waals surface area contributed by atoms with Gasteiger partial charge < -0.3 is 9.64 Å². The van der Waals surface area contributed by atoms with Crippen molar-refractivity contribution in [2.24, 2.45) is 5.10 Å². The third-order valence-electron chi connectivity index (χ3n) is 5.43. The minimum absolute atomic E-state index is 0.655. The highest BCUT2D eigenvalue weighted by Crippen LogP contribution is 2.25. The summed E-state index contributed by atoms with van der Waals surface area (Å²) >= 11 is 0. The van der Waals surface area contributed by atoms with E-state index in [1.807, 2.05) is 18.3 Å². The van der Waals surface area contributed by atoms with Gasteiger partial charge in [0.2, 0.25) is 5.88 Å². The maximum Gasteiger partial charge on any atom is 0.217 e. The first-order valence-corrected chi connectivity index (χ1v) is 11.7. The minimum atomic E-state index is 0.655. The van der Waals surface area contributed by atoms with Crippen LogP contribution in [-0.4, -0.2) is 55.4 Å². The predicted octanol–water partition coefficient (Wildman–Crippen LogP) is 4.94. The summed E-state index contributed by atoms with van der Waals surface area (Å²) in [4.78, 5) is 9.50. The number of anilines is 2. The molecule has 3 rings (SSSR count). The first-order chi connectivity index (χ1) is 15.2. The van der Waals surface area contributed by atoms with E-state index in [0.29, 0.717) is 18.3 Å². The summed E-state index contributed by atoms with van der Waals surface area (Å²) < 4.78 is 6.06. The fraction of sp³-hybridized carbons (Fsp3) is 0.520. The second kappa shape index (κ2) is 12.3. The van der Waals surface area contributed by atoms with E-state index in [-0.39, 0.29) is 0 Å². The SMILES string of the molecule is CCCN(CCC)c1cc(N/N=C/c2cccc(C)c2)nc(OCCN2CCCC2)c1. The second-order valence-corrected chi connectivity index (χ2v) is 8.22. The Morgan fingerprint density at radius 3 is 2.61 bits per heavy atom. The minimum Gasteiger partial charge on any atom is -0.476 e. The van der Waals surface area contributed by atoms with Crippen LogP contribution in [0.15, 0.2) is 41.5 Å². The van der Waals surface area contributed by atoms with Gasteiger partial charge in [0.1, 0.15) is 6.61 Å². The number of hydrazone groups is 1. The molecule has 0 radical (unpaired) electrons. The van der Waals surface area contributed by atoms with Crippen molar-refractivity contribution in [2.45, 2.75) is 46.5 Å². The molecule has 1 aromatic carbocycles. The van der Waals surface area contributed by atoms with Crippen molar-refractivity contribution >= 4 is 17.7 Å². The lowest BCUT2D eigenvalue weighted by molar-refractivity contribution is 0.232. The smallest absolute Gasteiger partial charge is 0.217 e. The molecule has 0 bridgehead atoms. The van der Waals surface area contributed by atoms with Gasteiger partial charge in [0.15, 0.2) is 5.82 Å². The monoisotopic (exact) mass is 423 g/mol. The molecule has 0 saturated carbocycles. The number of nitrogens with one attached hydrogen (secondary N) is 1. The molecule has 6 heteroatoms. The van der Waals surface area contributed by atoms with Gasteiger partial charge in [-0.15, -0.1) is 0 Å². The number of nitrogens with zero attached hydrogens (tertiary/aromatic N) is 4. The summed E-state index contributed by atoms with van der Waals surface area (Å²) in [6, 6.07) is 12.4. The molecule has 1 aliphatic heterocycles. The van der Waals surface area contributed by atoms with Crippen LogP contribution in [-0.2, 0) is 0 Å². The Labute approximate surface area is 187 Å². The average Bonchev–Trinajstić information content (AvgIpc) is 3.27. The number of aromatic nitrogens is 1. The number of pyridine rings is 1. The number of rotatable bonds is 12. The van der Waals surface area contributed by atoms with E-state index < -0.39 is 0 Å². The van der Waals surface area contributed by atoms with Crippen LogP contribution in [0.4, 0.5) is 11.5 Å². The number of likely N-dealkylation sites (tertiary alicyclic amines) is 1. The normalized spacial score (nSPS) is 14.3. The van der Waals surface area contributed by atoms with Crippen molar-refractivity contribution in [1.82, 2.24) is 9.88 Å². The molecule has 1 N–H and O–H groups in total. The molecule has 0 amide bonds. The lowest BCUT2D eigenvalue weighted by Gasteiger charge is -2.24. The fourth-order valence-corrected chi connectivity index (χ4v) is 3.92. The van der Waals surface area contributed by atoms with Crippen molar-refractivity contribution < 1.29 is 4.74 Å². The van der Waals surface area contributed by atoms with E-state index in [4.69, 9.17) is 4.74 Å². The van der Waals surface area contributed by atoms with Gasteiger partial charge in [0.25, 0.3) is 0 Å². The molecular weight excluding hydrogens is 386 g/mol. The van der Waals surface area contributed by atoms with E-state index in [9.17, 15) is 0 Å². The summed E-state index contributed by atoms with van der Waals surface area (Å²) in [5, 5.41) is 4.41. The van der Waals surface area contributed by atoms with Gasteiger partial charge in [-0.1, -0.05) is 43.7 Å². The van der Waals surface area contributed by atoms with Gasteiger partial charge in [0.05, 0.1) is 6.21 Å². The van der Waals surface area contributed by atoms with Crippen LogP contribution in [0, 0.1) is 6.92 Å². The largest absolute Gasteiger partial charge is 0.476 e. The highest BCUT2D eigenvalue weighted by atomic mass is 16.5. The van der Waals surface area contributed by atoms with Crippen molar-refractivity contribution in [3.8, 4) is 5.88 Å². The fourth-order valence-electron chi connectivity index (χ4n) is 3.92. The summed E-state index contributed by atoms with van der Waals surface area (Å²) in [5.41, 5.74) is 6.51. The average molecular weight is 424 g/mol. The lowest BCUT2D eigenvalue weighted by atomic mass is 10.2.